The minimum Gasteiger partial charge on any atom is -0.365 e. The third kappa shape index (κ3) is 2.04. The summed E-state index contributed by atoms with van der Waals surface area (Å²) < 4.78 is 0.977. The van der Waals surface area contributed by atoms with E-state index in [1.54, 1.807) is 6.20 Å². The molecule has 1 saturated heterocycles. The van der Waals surface area contributed by atoms with Gasteiger partial charge in [-0.2, -0.15) is 0 Å². The van der Waals surface area contributed by atoms with Crippen molar-refractivity contribution in [3.05, 3.63) is 22.8 Å². The molecule has 5 heteroatoms. The number of hydrogen-bond acceptors (Lipinski definition) is 3. The Bertz CT molecular complexity index is 422. The molecule has 2 heterocycles. The number of halogens is 1. The third-order valence-corrected chi connectivity index (χ3v) is 4.19. The second-order valence-corrected chi connectivity index (χ2v) is 5.74. The van der Waals surface area contributed by atoms with E-state index in [0.717, 1.165) is 36.1 Å². The predicted octanol–water partition coefficient (Wildman–Crippen LogP) is 1.88. The van der Waals surface area contributed by atoms with Crippen molar-refractivity contribution in [2.24, 2.45) is 5.92 Å². The van der Waals surface area contributed by atoms with Gasteiger partial charge in [0.05, 0.1) is 6.04 Å². The van der Waals surface area contributed by atoms with Crippen LogP contribution in [0, 0.1) is 5.92 Å². The number of aromatic nitrogens is 1. The zero-order valence-electron chi connectivity index (χ0n) is 9.34. The first-order valence-corrected chi connectivity index (χ1v) is 6.64. The number of carbonyl (C=O) groups is 1. The average molecular weight is 296 g/mol. The number of likely N-dealkylation sites (tertiary alicyclic amines) is 1. The lowest BCUT2D eigenvalue weighted by Crippen LogP contribution is -2.44. The monoisotopic (exact) mass is 295 g/mol. The largest absolute Gasteiger partial charge is 0.365 e. The molecule has 1 saturated carbocycles. The van der Waals surface area contributed by atoms with E-state index in [1.165, 1.54) is 0 Å². The Hall–Kier alpha value is -1.10. The maximum Gasteiger partial charge on any atom is 0.210 e. The molecule has 2 fully saturated rings. The zero-order chi connectivity index (χ0) is 11.8. The van der Waals surface area contributed by atoms with Crippen molar-refractivity contribution >= 4 is 28.2 Å². The van der Waals surface area contributed by atoms with Crippen molar-refractivity contribution in [1.82, 2.24) is 9.88 Å². The van der Waals surface area contributed by atoms with E-state index in [0.29, 0.717) is 18.0 Å². The number of piperidine rings is 1. The minimum absolute atomic E-state index is 0.350. The highest BCUT2D eigenvalue weighted by molar-refractivity contribution is 9.10. The van der Waals surface area contributed by atoms with Crippen LogP contribution in [0.3, 0.4) is 0 Å². The minimum atomic E-state index is 0.350. The summed E-state index contributed by atoms with van der Waals surface area (Å²) in [6, 6.07) is 4.64. The first kappa shape index (κ1) is 11.0. The first-order chi connectivity index (χ1) is 8.26. The standard InChI is InChI=1S/C12H14BrN3O/c13-9-1-2-12(14-5-9)15-10-3-8-4-11(10)16(6-8)7-17/h1-2,5,7-8,10-11H,3-4,6H2,(H,14,15)/t8-,10+,11-/m0/s1. The molecule has 1 N–H and O–H groups in total. The molecule has 1 aliphatic carbocycles. The second-order valence-electron chi connectivity index (χ2n) is 4.82. The van der Waals surface area contributed by atoms with Crippen LogP contribution >= 0.6 is 15.9 Å². The van der Waals surface area contributed by atoms with E-state index < -0.39 is 0 Å². The Labute approximate surface area is 109 Å². The fourth-order valence-electron chi connectivity index (χ4n) is 2.99. The van der Waals surface area contributed by atoms with Crippen LogP contribution in [0.15, 0.2) is 22.8 Å². The predicted molar refractivity (Wildman–Crippen MR) is 68.6 cm³/mol. The van der Waals surface area contributed by atoms with Crippen molar-refractivity contribution in [1.29, 1.82) is 0 Å². The first-order valence-electron chi connectivity index (χ1n) is 5.85. The van der Waals surface area contributed by atoms with Gasteiger partial charge in [0.25, 0.3) is 0 Å². The van der Waals surface area contributed by atoms with Gasteiger partial charge in [0, 0.05) is 23.3 Å². The SMILES string of the molecule is O=CN1C[C@H]2C[C@@H](Nc3ccc(Br)cn3)[C@@H]1C2. The van der Waals surface area contributed by atoms with E-state index in [9.17, 15) is 4.79 Å². The highest BCUT2D eigenvalue weighted by Gasteiger charge is 2.44. The topological polar surface area (TPSA) is 45.2 Å². The number of amides is 1. The lowest BCUT2D eigenvalue weighted by molar-refractivity contribution is -0.119. The summed E-state index contributed by atoms with van der Waals surface area (Å²) in [6.45, 7) is 0.931. The maximum atomic E-state index is 10.9. The molecule has 3 atom stereocenters. The fraction of sp³-hybridized carbons (Fsp3) is 0.500. The Morgan fingerprint density at radius 3 is 3.00 bits per heavy atom. The van der Waals surface area contributed by atoms with E-state index in [2.05, 4.69) is 26.2 Å². The van der Waals surface area contributed by atoms with Crippen LogP contribution in [0.2, 0.25) is 0 Å². The van der Waals surface area contributed by atoms with Crippen LogP contribution in [0.5, 0.6) is 0 Å². The van der Waals surface area contributed by atoms with Gasteiger partial charge in [-0.05, 0) is 46.8 Å². The van der Waals surface area contributed by atoms with Crippen molar-refractivity contribution in [2.75, 3.05) is 11.9 Å². The molecule has 3 rings (SSSR count). The summed E-state index contributed by atoms with van der Waals surface area (Å²) in [4.78, 5) is 17.1. The molecule has 90 valence electrons. The van der Waals surface area contributed by atoms with Crippen LogP contribution in [0.4, 0.5) is 5.82 Å². The lowest BCUT2D eigenvalue weighted by atomic mass is 10.1. The van der Waals surface area contributed by atoms with Gasteiger partial charge in [0.1, 0.15) is 5.82 Å². The summed E-state index contributed by atoms with van der Waals surface area (Å²) in [5.41, 5.74) is 0. The number of hydrogen-bond donors (Lipinski definition) is 1. The molecule has 2 aliphatic rings. The number of carbonyl (C=O) groups excluding carboxylic acids is 1. The van der Waals surface area contributed by atoms with E-state index >= 15 is 0 Å². The van der Waals surface area contributed by atoms with Crippen LogP contribution in [-0.2, 0) is 4.79 Å². The van der Waals surface area contributed by atoms with Gasteiger partial charge in [0.15, 0.2) is 0 Å². The number of nitrogens with zero attached hydrogens (tertiary/aromatic N) is 2. The molecule has 0 unspecified atom stereocenters. The van der Waals surface area contributed by atoms with Crippen molar-refractivity contribution in [3.8, 4) is 0 Å². The maximum absolute atomic E-state index is 10.9. The molecule has 1 amide bonds. The van der Waals surface area contributed by atoms with Crippen molar-refractivity contribution < 1.29 is 4.79 Å². The van der Waals surface area contributed by atoms with Gasteiger partial charge in [0.2, 0.25) is 6.41 Å². The molecule has 1 aromatic rings. The summed E-state index contributed by atoms with van der Waals surface area (Å²) in [7, 11) is 0. The molecule has 1 aliphatic heterocycles. The fourth-order valence-corrected chi connectivity index (χ4v) is 3.23. The Balaban J connectivity index is 1.70. The number of pyridine rings is 1. The van der Waals surface area contributed by atoms with Gasteiger partial charge in [-0.15, -0.1) is 0 Å². The number of anilines is 1. The number of rotatable bonds is 3. The second kappa shape index (κ2) is 4.29. The molecule has 0 aromatic carbocycles. The number of nitrogens with one attached hydrogen (secondary N) is 1. The molecule has 2 bridgehead atoms. The van der Waals surface area contributed by atoms with E-state index in [4.69, 9.17) is 0 Å². The highest BCUT2D eigenvalue weighted by atomic mass is 79.9. The van der Waals surface area contributed by atoms with Crippen molar-refractivity contribution in [3.63, 3.8) is 0 Å². The molecule has 17 heavy (non-hydrogen) atoms. The summed E-state index contributed by atoms with van der Waals surface area (Å²) >= 11 is 3.37. The Kier molecular flexibility index (Phi) is 2.78. The number of fused-ring (bicyclic) bond motifs is 2. The molecule has 1 aromatic heterocycles. The quantitative estimate of drug-likeness (QED) is 0.866. The molecule has 0 radical (unpaired) electrons. The Morgan fingerprint density at radius 2 is 2.35 bits per heavy atom. The van der Waals surface area contributed by atoms with E-state index in [-0.39, 0.29) is 0 Å². The summed E-state index contributed by atoms with van der Waals surface area (Å²) in [5, 5.41) is 3.43. The smallest absolute Gasteiger partial charge is 0.210 e. The van der Waals surface area contributed by atoms with Gasteiger partial charge < -0.3 is 10.2 Å². The van der Waals surface area contributed by atoms with Crippen LogP contribution < -0.4 is 5.32 Å². The summed E-state index contributed by atoms with van der Waals surface area (Å²) in [5.74, 6) is 1.55. The van der Waals surface area contributed by atoms with E-state index in [1.807, 2.05) is 17.0 Å². The van der Waals surface area contributed by atoms with Crippen LogP contribution in [0.25, 0.3) is 0 Å². The average Bonchev–Trinajstić information content (AvgIpc) is 2.91. The van der Waals surface area contributed by atoms with Crippen LogP contribution in [-0.4, -0.2) is 34.9 Å². The van der Waals surface area contributed by atoms with Crippen LogP contribution in [0.1, 0.15) is 12.8 Å². The molecular weight excluding hydrogens is 282 g/mol. The molecular formula is C12H14BrN3O. The van der Waals surface area contributed by atoms with Gasteiger partial charge in [-0.1, -0.05) is 0 Å². The highest BCUT2D eigenvalue weighted by Crippen LogP contribution is 2.38. The Morgan fingerprint density at radius 1 is 1.47 bits per heavy atom. The van der Waals surface area contributed by atoms with Gasteiger partial charge in [-0.3, -0.25) is 4.79 Å². The lowest BCUT2D eigenvalue weighted by Gasteiger charge is -2.31. The molecule has 4 nitrogen and oxygen atoms in total. The van der Waals surface area contributed by atoms with Gasteiger partial charge >= 0.3 is 0 Å². The normalized spacial score (nSPS) is 30.6. The van der Waals surface area contributed by atoms with Gasteiger partial charge in [-0.25, -0.2) is 4.98 Å². The zero-order valence-corrected chi connectivity index (χ0v) is 10.9. The van der Waals surface area contributed by atoms with Crippen molar-refractivity contribution in [2.45, 2.75) is 24.9 Å². The third-order valence-electron chi connectivity index (χ3n) is 3.72. The summed E-state index contributed by atoms with van der Waals surface area (Å²) in [6.07, 6.45) is 5.04. The molecule has 0 spiro atoms.